The molecular weight excluding hydrogens is 396 g/mol. The molecule has 0 unspecified atom stereocenters. The number of hydrogen-bond acceptors (Lipinski definition) is 4. The second-order valence-electron chi connectivity index (χ2n) is 5.95. The van der Waals surface area contributed by atoms with Crippen molar-refractivity contribution in [3.8, 4) is 17.0 Å². The highest BCUT2D eigenvalue weighted by atomic mass is 31.2. The molecule has 148 valence electrons. The molecule has 0 spiro atoms. The molecule has 5 N–H and O–H groups in total. The average Bonchev–Trinajstić information content (AvgIpc) is 2.58. The van der Waals surface area contributed by atoms with E-state index >= 15 is 0 Å². The van der Waals surface area contributed by atoms with Crippen molar-refractivity contribution < 1.29 is 43.1 Å². The predicted molar refractivity (Wildman–Crippen MR) is 96.9 cm³/mol. The molecule has 11 heteroatoms. The van der Waals surface area contributed by atoms with E-state index in [1.807, 2.05) is 6.92 Å². The van der Waals surface area contributed by atoms with Gasteiger partial charge in [0, 0.05) is 17.7 Å². The van der Waals surface area contributed by atoms with Crippen molar-refractivity contribution in [1.82, 2.24) is 0 Å². The Labute approximate surface area is 156 Å². The molecule has 2 aromatic rings. The van der Waals surface area contributed by atoms with E-state index < -0.39 is 26.8 Å². The maximum Gasteiger partial charge on any atom is 0.376 e. The Morgan fingerprint density at radius 3 is 2.30 bits per heavy atom. The molecule has 2 rings (SSSR count). The molecule has 0 aliphatic rings. The Balaban J connectivity index is 2.50. The first kappa shape index (κ1) is 21.7. The van der Waals surface area contributed by atoms with E-state index in [1.165, 1.54) is 16.8 Å². The van der Waals surface area contributed by atoms with Gasteiger partial charge in [-0.2, -0.15) is 4.57 Å². The fourth-order valence-electron chi connectivity index (χ4n) is 2.42. The monoisotopic (exact) mass is 418 g/mol. The van der Waals surface area contributed by atoms with Gasteiger partial charge in [-0.3, -0.25) is 9.13 Å². The van der Waals surface area contributed by atoms with Gasteiger partial charge in [0.1, 0.15) is 5.75 Å². The summed E-state index contributed by atoms with van der Waals surface area (Å²) in [7, 11) is -11.1. The van der Waals surface area contributed by atoms with E-state index in [0.29, 0.717) is 23.6 Å². The zero-order chi connectivity index (χ0) is 20.3. The first-order chi connectivity index (χ1) is 12.5. The number of benzene rings is 1. The van der Waals surface area contributed by atoms with Gasteiger partial charge in [-0.25, -0.2) is 0 Å². The van der Waals surface area contributed by atoms with Crippen molar-refractivity contribution in [2.24, 2.45) is 0 Å². The maximum absolute atomic E-state index is 11.6. The van der Waals surface area contributed by atoms with Gasteiger partial charge in [0.2, 0.25) is 12.2 Å². The summed E-state index contributed by atoms with van der Waals surface area (Å²) in [5, 5.41) is 6.66. The highest BCUT2D eigenvalue weighted by Crippen LogP contribution is 2.67. The zero-order valence-corrected chi connectivity index (χ0v) is 16.3. The highest BCUT2D eigenvalue weighted by molar-refractivity contribution is 7.72. The number of nitrogens with zero attached hydrogens (tertiary/aromatic N) is 1. The van der Waals surface area contributed by atoms with E-state index in [4.69, 9.17) is 4.74 Å². The van der Waals surface area contributed by atoms with Crippen LogP contribution in [0.2, 0.25) is 0 Å². The van der Waals surface area contributed by atoms with Gasteiger partial charge in [0.05, 0.1) is 6.61 Å². The van der Waals surface area contributed by atoms with Gasteiger partial charge >= 0.3 is 20.3 Å². The van der Waals surface area contributed by atoms with Crippen LogP contribution in [0.1, 0.15) is 13.3 Å². The largest absolute Gasteiger partial charge is 0.494 e. The Morgan fingerprint density at radius 2 is 1.70 bits per heavy atom. The molecule has 1 heterocycles. The topological polar surface area (TPSA) is 148 Å². The number of pyridine rings is 1. The summed E-state index contributed by atoms with van der Waals surface area (Å²) in [5.41, 5.74) is 0.975. The molecule has 0 atom stereocenters. The van der Waals surface area contributed by atoms with Crippen LogP contribution in [0.5, 0.6) is 5.75 Å². The van der Waals surface area contributed by atoms with Crippen LogP contribution < -0.4 is 9.30 Å². The van der Waals surface area contributed by atoms with Crippen LogP contribution in [0, 0.1) is 0 Å². The van der Waals surface area contributed by atoms with Crippen molar-refractivity contribution in [3.05, 3.63) is 48.7 Å². The van der Waals surface area contributed by atoms with Gasteiger partial charge in [-0.05, 0) is 30.7 Å². The summed E-state index contributed by atoms with van der Waals surface area (Å²) in [4.78, 5) is 37.5. The SMILES string of the molecule is CCCOc1cccc(-c2cccc[n+]2CC(O)(P(=O)(O)O)P(=O)(O)O)c1. The van der Waals surface area contributed by atoms with Crippen molar-refractivity contribution in [3.63, 3.8) is 0 Å². The molecule has 1 aromatic heterocycles. The van der Waals surface area contributed by atoms with Crippen molar-refractivity contribution in [1.29, 1.82) is 0 Å². The summed E-state index contributed by atoms with van der Waals surface area (Å²) < 4.78 is 30.0. The molecule has 0 bridgehead atoms. The van der Waals surface area contributed by atoms with Gasteiger partial charge in [-0.1, -0.05) is 13.0 Å². The Kier molecular flexibility index (Phi) is 6.60. The second kappa shape index (κ2) is 8.20. The van der Waals surface area contributed by atoms with Crippen LogP contribution in [-0.2, 0) is 15.7 Å². The number of ether oxygens (including phenoxy) is 1. The first-order valence-corrected chi connectivity index (χ1v) is 11.3. The van der Waals surface area contributed by atoms with Crippen LogP contribution >= 0.6 is 15.2 Å². The molecule has 0 fully saturated rings. The lowest BCUT2D eigenvalue weighted by atomic mass is 10.1. The third-order valence-corrected chi connectivity index (χ3v) is 7.57. The molecule has 27 heavy (non-hydrogen) atoms. The van der Waals surface area contributed by atoms with Crippen molar-refractivity contribution in [2.75, 3.05) is 6.61 Å². The lowest BCUT2D eigenvalue weighted by Crippen LogP contribution is -2.48. The van der Waals surface area contributed by atoms with Crippen LogP contribution in [-0.4, -0.2) is 36.4 Å². The van der Waals surface area contributed by atoms with Crippen LogP contribution in [0.25, 0.3) is 11.3 Å². The van der Waals surface area contributed by atoms with Gasteiger partial charge < -0.3 is 29.4 Å². The van der Waals surface area contributed by atoms with E-state index in [9.17, 15) is 33.8 Å². The minimum Gasteiger partial charge on any atom is -0.494 e. The first-order valence-electron chi connectivity index (χ1n) is 8.05. The molecule has 9 nitrogen and oxygen atoms in total. The Hall–Kier alpha value is -1.57. The summed E-state index contributed by atoms with van der Waals surface area (Å²) in [5.74, 6) is 0.574. The zero-order valence-electron chi connectivity index (χ0n) is 14.5. The lowest BCUT2D eigenvalue weighted by molar-refractivity contribution is -0.693. The molecule has 0 saturated heterocycles. The number of rotatable bonds is 8. The fourth-order valence-corrected chi connectivity index (χ4v) is 4.45. The quantitative estimate of drug-likeness (QED) is 0.319. The van der Waals surface area contributed by atoms with Crippen molar-refractivity contribution in [2.45, 2.75) is 25.0 Å². The van der Waals surface area contributed by atoms with Gasteiger partial charge in [0.25, 0.3) is 0 Å². The number of hydrogen-bond donors (Lipinski definition) is 5. The summed E-state index contributed by atoms with van der Waals surface area (Å²) in [6.07, 6.45) is 2.18. The molecule has 0 radical (unpaired) electrons. The van der Waals surface area contributed by atoms with E-state index in [0.717, 1.165) is 6.42 Å². The normalized spacial score (nSPS) is 12.8. The van der Waals surface area contributed by atoms with E-state index in [2.05, 4.69) is 0 Å². The molecule has 0 aliphatic heterocycles. The third-order valence-electron chi connectivity index (χ3n) is 3.86. The maximum atomic E-state index is 11.6. The number of aromatic nitrogens is 1. The average molecular weight is 418 g/mol. The molecule has 0 saturated carbocycles. The highest BCUT2D eigenvalue weighted by Gasteiger charge is 2.63. The summed E-state index contributed by atoms with van der Waals surface area (Å²) in [6, 6.07) is 11.6. The Bertz CT molecular complexity index is 869. The molecular formula is C16H22NO8P2+. The van der Waals surface area contributed by atoms with Gasteiger partial charge in [-0.15, -0.1) is 0 Å². The molecule has 1 aromatic carbocycles. The summed E-state index contributed by atoms with van der Waals surface area (Å²) >= 11 is 0. The van der Waals surface area contributed by atoms with Crippen LogP contribution in [0.3, 0.4) is 0 Å². The van der Waals surface area contributed by atoms with Crippen LogP contribution in [0.15, 0.2) is 48.7 Å². The predicted octanol–water partition coefficient (Wildman–Crippen LogP) is 1.43. The summed E-state index contributed by atoms with van der Waals surface area (Å²) in [6.45, 7) is 1.46. The smallest absolute Gasteiger partial charge is 0.376 e. The second-order valence-corrected chi connectivity index (χ2v) is 9.96. The van der Waals surface area contributed by atoms with E-state index in [1.54, 1.807) is 36.4 Å². The minimum absolute atomic E-state index is 0.389. The fraction of sp³-hybridized carbons (Fsp3) is 0.312. The standard InChI is InChI=1S/C16H21NO8P2/c1-2-10-25-14-7-5-6-13(11-14)15-8-3-4-9-17(15)12-16(18,26(19,20)21)27(22,23)24/h3-9,11,18H,2,10,12H2,1H3,(H3-,19,20,21,22,23,24)/p+1. The van der Waals surface area contributed by atoms with Crippen molar-refractivity contribution >= 4 is 15.2 Å². The molecule has 0 aliphatic carbocycles. The molecule has 0 amide bonds. The van der Waals surface area contributed by atoms with E-state index in [-0.39, 0.29) is 0 Å². The Morgan fingerprint density at radius 1 is 1.04 bits per heavy atom. The van der Waals surface area contributed by atoms with Gasteiger partial charge in [0.15, 0.2) is 6.20 Å². The third kappa shape index (κ3) is 4.83. The number of aliphatic hydroxyl groups is 1. The van der Waals surface area contributed by atoms with Crippen LogP contribution in [0.4, 0.5) is 0 Å². The minimum atomic E-state index is -5.56. The lowest BCUT2D eigenvalue weighted by Gasteiger charge is -2.26.